The largest absolute Gasteiger partial charge is 0.452 e. The molecule has 0 aliphatic carbocycles. The van der Waals surface area contributed by atoms with E-state index in [2.05, 4.69) is 10.3 Å². The smallest absolute Gasteiger partial charge is 0.338 e. The lowest BCUT2D eigenvalue weighted by Gasteiger charge is -2.21. The van der Waals surface area contributed by atoms with Gasteiger partial charge in [-0.3, -0.25) is 10.1 Å². The second kappa shape index (κ2) is 10.4. The number of thiazole rings is 1. The van der Waals surface area contributed by atoms with Gasteiger partial charge in [-0.1, -0.05) is 41.8 Å². The van der Waals surface area contributed by atoms with E-state index in [1.165, 1.54) is 33.8 Å². The highest BCUT2D eigenvalue weighted by molar-refractivity contribution is 7.89. The number of carbonyl (C=O) groups excluding carboxylic acids is 2. The van der Waals surface area contributed by atoms with E-state index in [9.17, 15) is 18.0 Å². The van der Waals surface area contributed by atoms with Gasteiger partial charge in [0.05, 0.1) is 20.8 Å². The van der Waals surface area contributed by atoms with Crippen molar-refractivity contribution in [3.8, 4) is 0 Å². The van der Waals surface area contributed by atoms with Gasteiger partial charge < -0.3 is 4.74 Å². The van der Waals surface area contributed by atoms with Gasteiger partial charge in [0.25, 0.3) is 5.91 Å². The van der Waals surface area contributed by atoms with Gasteiger partial charge in [-0.2, -0.15) is 4.31 Å². The molecule has 2 heterocycles. The Morgan fingerprint density at radius 2 is 1.85 bits per heavy atom. The number of amides is 1. The highest BCUT2D eigenvalue weighted by atomic mass is 35.5. The number of ether oxygens (including phenoxy) is 1. The second-order valence-corrected chi connectivity index (χ2v) is 11.4. The summed E-state index contributed by atoms with van der Waals surface area (Å²) in [6.07, 6.45) is 3.51. The second-order valence-electron chi connectivity index (χ2n) is 8.08. The summed E-state index contributed by atoms with van der Waals surface area (Å²) in [5.74, 6) is -1.37. The molecule has 1 saturated heterocycles. The fourth-order valence-corrected chi connectivity index (χ4v) is 6.70. The molecule has 11 heteroatoms. The molecular weight excluding hydrogens is 498 g/mol. The average molecular weight is 522 g/mol. The molecule has 34 heavy (non-hydrogen) atoms. The van der Waals surface area contributed by atoms with E-state index in [0.717, 1.165) is 41.5 Å². The summed E-state index contributed by atoms with van der Waals surface area (Å²) in [5.41, 5.74) is 1.85. The predicted molar refractivity (Wildman–Crippen MR) is 132 cm³/mol. The quantitative estimate of drug-likeness (QED) is 0.474. The van der Waals surface area contributed by atoms with Crippen molar-refractivity contribution in [1.82, 2.24) is 9.29 Å². The van der Waals surface area contributed by atoms with Crippen molar-refractivity contribution < 1.29 is 22.7 Å². The zero-order chi connectivity index (χ0) is 24.3. The maximum absolute atomic E-state index is 13.1. The van der Waals surface area contributed by atoms with E-state index in [0.29, 0.717) is 18.2 Å². The molecular formula is C23H24ClN3O5S2. The third kappa shape index (κ3) is 5.57. The SMILES string of the molecule is Cc1ccc2nc(NC(=O)COC(=O)c3ccc(Cl)c(S(=O)(=O)N4CCCCCC4)c3)sc2c1. The van der Waals surface area contributed by atoms with E-state index in [1.807, 2.05) is 25.1 Å². The molecule has 3 aromatic rings. The summed E-state index contributed by atoms with van der Waals surface area (Å²) in [7, 11) is -3.85. The first-order chi connectivity index (χ1) is 16.2. The van der Waals surface area contributed by atoms with Gasteiger partial charge in [-0.15, -0.1) is 0 Å². The maximum Gasteiger partial charge on any atom is 0.338 e. The molecule has 1 fully saturated rings. The van der Waals surface area contributed by atoms with Crippen LogP contribution < -0.4 is 5.32 Å². The molecule has 0 unspecified atom stereocenters. The number of nitrogens with zero attached hydrogens (tertiary/aromatic N) is 2. The number of aryl methyl sites for hydroxylation is 1. The number of sulfonamides is 1. The number of esters is 1. The van der Waals surface area contributed by atoms with E-state index in [4.69, 9.17) is 16.3 Å². The Morgan fingerprint density at radius 3 is 2.59 bits per heavy atom. The topological polar surface area (TPSA) is 106 Å². The first kappa shape index (κ1) is 24.6. The summed E-state index contributed by atoms with van der Waals surface area (Å²) < 4.78 is 33.7. The molecule has 0 saturated carbocycles. The summed E-state index contributed by atoms with van der Waals surface area (Å²) >= 11 is 7.50. The molecule has 1 aromatic heterocycles. The van der Waals surface area contributed by atoms with Gasteiger partial charge in [-0.25, -0.2) is 18.2 Å². The third-order valence-electron chi connectivity index (χ3n) is 5.47. The zero-order valence-corrected chi connectivity index (χ0v) is 20.9. The van der Waals surface area contributed by atoms with Crippen molar-refractivity contribution in [2.24, 2.45) is 0 Å². The summed E-state index contributed by atoms with van der Waals surface area (Å²) in [6.45, 7) is 2.26. The minimum Gasteiger partial charge on any atom is -0.452 e. The molecule has 1 aliphatic rings. The Kier molecular flexibility index (Phi) is 7.51. The minimum atomic E-state index is -3.85. The maximum atomic E-state index is 13.1. The Hall–Kier alpha value is -2.53. The van der Waals surface area contributed by atoms with Crippen LogP contribution in [-0.4, -0.2) is 49.3 Å². The zero-order valence-electron chi connectivity index (χ0n) is 18.5. The highest BCUT2D eigenvalue weighted by Crippen LogP contribution is 2.28. The minimum absolute atomic E-state index is 0.000981. The normalized spacial score (nSPS) is 15.1. The van der Waals surface area contributed by atoms with Crippen LogP contribution in [0.15, 0.2) is 41.3 Å². The lowest BCUT2D eigenvalue weighted by Crippen LogP contribution is -2.32. The van der Waals surface area contributed by atoms with Crippen LogP contribution in [0.3, 0.4) is 0 Å². The van der Waals surface area contributed by atoms with Gasteiger partial charge >= 0.3 is 5.97 Å². The van der Waals surface area contributed by atoms with Crippen molar-refractivity contribution in [2.75, 3.05) is 25.0 Å². The van der Waals surface area contributed by atoms with Gasteiger partial charge in [-0.05, 0) is 55.7 Å². The van der Waals surface area contributed by atoms with Crippen molar-refractivity contribution in [2.45, 2.75) is 37.5 Å². The van der Waals surface area contributed by atoms with Gasteiger partial charge in [0.1, 0.15) is 4.90 Å². The molecule has 180 valence electrons. The Balaban J connectivity index is 1.42. The van der Waals surface area contributed by atoms with Crippen molar-refractivity contribution in [3.63, 3.8) is 0 Å². The van der Waals surface area contributed by atoms with Crippen LogP contribution in [0.1, 0.15) is 41.6 Å². The lowest BCUT2D eigenvalue weighted by molar-refractivity contribution is -0.119. The number of hydrogen-bond acceptors (Lipinski definition) is 7. The first-order valence-electron chi connectivity index (χ1n) is 10.9. The fraction of sp³-hybridized carbons (Fsp3) is 0.348. The molecule has 2 aromatic carbocycles. The first-order valence-corrected chi connectivity index (χ1v) is 13.5. The Labute approximate surface area is 206 Å². The summed E-state index contributed by atoms with van der Waals surface area (Å²) in [6, 6.07) is 9.71. The number of aromatic nitrogens is 1. The number of nitrogens with one attached hydrogen (secondary N) is 1. The number of halogens is 1. The van der Waals surface area contributed by atoms with Crippen LogP contribution in [0.2, 0.25) is 5.02 Å². The Morgan fingerprint density at radius 1 is 1.12 bits per heavy atom. The fourth-order valence-electron chi connectivity index (χ4n) is 3.70. The number of benzene rings is 2. The number of fused-ring (bicyclic) bond motifs is 1. The summed E-state index contributed by atoms with van der Waals surface area (Å²) in [5, 5.41) is 3.05. The summed E-state index contributed by atoms with van der Waals surface area (Å²) in [4.78, 5) is 29.0. The molecule has 0 radical (unpaired) electrons. The van der Waals surface area contributed by atoms with Crippen LogP contribution in [0.5, 0.6) is 0 Å². The van der Waals surface area contributed by atoms with Crippen molar-refractivity contribution in [3.05, 3.63) is 52.5 Å². The highest BCUT2D eigenvalue weighted by Gasteiger charge is 2.28. The van der Waals surface area contributed by atoms with Crippen LogP contribution in [0.4, 0.5) is 5.13 Å². The van der Waals surface area contributed by atoms with Crippen LogP contribution >= 0.6 is 22.9 Å². The van der Waals surface area contributed by atoms with Crippen LogP contribution in [-0.2, 0) is 19.6 Å². The number of rotatable bonds is 6. The van der Waals surface area contributed by atoms with Crippen LogP contribution in [0, 0.1) is 6.92 Å². The van der Waals surface area contributed by atoms with Gasteiger partial charge in [0.2, 0.25) is 10.0 Å². The van der Waals surface area contributed by atoms with E-state index in [-0.39, 0.29) is 15.5 Å². The molecule has 4 rings (SSSR count). The molecule has 1 N–H and O–H groups in total. The molecule has 1 aliphatic heterocycles. The van der Waals surface area contributed by atoms with Gasteiger partial charge in [0, 0.05) is 13.1 Å². The molecule has 1 amide bonds. The lowest BCUT2D eigenvalue weighted by atomic mass is 10.2. The third-order valence-corrected chi connectivity index (χ3v) is 8.79. The molecule has 0 atom stereocenters. The molecule has 0 spiro atoms. The van der Waals surface area contributed by atoms with E-state index in [1.54, 1.807) is 0 Å². The molecule has 8 nitrogen and oxygen atoms in total. The Bertz CT molecular complexity index is 1330. The van der Waals surface area contributed by atoms with Crippen molar-refractivity contribution >= 4 is 60.2 Å². The van der Waals surface area contributed by atoms with E-state index < -0.39 is 28.5 Å². The standard InChI is InChI=1S/C23H24ClN3O5S2/c1-15-6-9-18-19(12-15)33-23(25-18)26-21(28)14-32-22(29)16-7-8-17(24)20(13-16)34(30,31)27-10-4-2-3-5-11-27/h6-9,12-13H,2-5,10-11,14H2,1H3,(H,25,26,28). The van der Waals surface area contributed by atoms with E-state index >= 15 is 0 Å². The van der Waals surface area contributed by atoms with Crippen molar-refractivity contribution in [1.29, 1.82) is 0 Å². The number of anilines is 1. The number of carbonyl (C=O) groups is 2. The predicted octanol–water partition coefficient (Wildman–Crippen LogP) is 4.62. The van der Waals surface area contributed by atoms with Crippen LogP contribution in [0.25, 0.3) is 10.2 Å². The monoisotopic (exact) mass is 521 g/mol. The van der Waals surface area contributed by atoms with Gasteiger partial charge in [0.15, 0.2) is 11.7 Å². The number of hydrogen-bond donors (Lipinski definition) is 1. The average Bonchev–Trinajstić information content (AvgIpc) is 2.99. The molecule has 0 bridgehead atoms.